The number of nitrogens with zero attached hydrogens (tertiary/aromatic N) is 4. The summed E-state index contributed by atoms with van der Waals surface area (Å²) in [5.74, 6) is 0. The first kappa shape index (κ1) is 9.36. The van der Waals surface area contributed by atoms with E-state index in [2.05, 4.69) is 15.2 Å². The molecule has 2 aromatic heterocycles. The van der Waals surface area contributed by atoms with Gasteiger partial charge in [0, 0.05) is 13.7 Å². The van der Waals surface area contributed by atoms with Crippen LogP contribution in [0.5, 0.6) is 0 Å². The van der Waals surface area contributed by atoms with Crippen molar-refractivity contribution in [3.63, 3.8) is 0 Å². The maximum absolute atomic E-state index is 5.89. The minimum Gasteiger partial charge on any atom is -0.383 e. The second kappa shape index (κ2) is 3.89. The van der Waals surface area contributed by atoms with Gasteiger partial charge in [0.2, 0.25) is 0 Å². The molecule has 5 nitrogen and oxygen atoms in total. The lowest BCUT2D eigenvalue weighted by molar-refractivity contribution is 0.188. The van der Waals surface area contributed by atoms with Gasteiger partial charge in [0.15, 0.2) is 5.65 Å². The summed E-state index contributed by atoms with van der Waals surface area (Å²) in [6.45, 7) is 1.31. The molecule has 6 heteroatoms. The number of rotatable bonds is 3. The minimum atomic E-state index is 0.520. The smallest absolute Gasteiger partial charge is 0.184 e. The van der Waals surface area contributed by atoms with Crippen molar-refractivity contribution in [1.29, 1.82) is 0 Å². The Morgan fingerprint density at radius 1 is 1.57 bits per heavy atom. The molecule has 0 aromatic carbocycles. The third kappa shape index (κ3) is 1.56. The zero-order valence-electron chi connectivity index (χ0n) is 7.64. The molecule has 0 N–H and O–H groups in total. The Morgan fingerprint density at radius 3 is 3.21 bits per heavy atom. The molecule has 0 atom stereocenters. The zero-order valence-corrected chi connectivity index (χ0v) is 8.40. The number of imidazole rings is 1. The standard InChI is InChI=1S/C8H9ClN4O/c1-14-3-2-13-5-10-7-6(9)4-11-12-8(7)13/h4-5H,2-3H2,1H3. The van der Waals surface area contributed by atoms with E-state index in [1.54, 1.807) is 13.4 Å². The van der Waals surface area contributed by atoms with E-state index in [0.29, 0.717) is 29.3 Å². The lowest BCUT2D eigenvalue weighted by Crippen LogP contribution is -2.03. The van der Waals surface area contributed by atoms with Gasteiger partial charge in [0.25, 0.3) is 0 Å². The number of aromatic nitrogens is 4. The summed E-state index contributed by atoms with van der Waals surface area (Å²) in [7, 11) is 1.65. The lowest BCUT2D eigenvalue weighted by atomic mass is 10.5. The van der Waals surface area contributed by atoms with E-state index in [1.807, 2.05) is 4.57 Å². The molecule has 0 spiro atoms. The van der Waals surface area contributed by atoms with Crippen molar-refractivity contribution >= 4 is 22.8 Å². The van der Waals surface area contributed by atoms with Gasteiger partial charge < -0.3 is 9.30 Å². The molecule has 0 bridgehead atoms. The van der Waals surface area contributed by atoms with Gasteiger partial charge in [-0.2, -0.15) is 5.10 Å². The van der Waals surface area contributed by atoms with E-state index in [-0.39, 0.29) is 0 Å². The number of hydrogen-bond acceptors (Lipinski definition) is 4. The minimum absolute atomic E-state index is 0.520. The van der Waals surface area contributed by atoms with Crippen LogP contribution in [0.1, 0.15) is 0 Å². The fraction of sp³-hybridized carbons (Fsp3) is 0.375. The molecule has 0 amide bonds. The predicted octanol–water partition coefficient (Wildman–Crippen LogP) is 1.13. The van der Waals surface area contributed by atoms with Gasteiger partial charge in [-0.3, -0.25) is 0 Å². The molecule has 0 unspecified atom stereocenters. The van der Waals surface area contributed by atoms with E-state index < -0.39 is 0 Å². The van der Waals surface area contributed by atoms with Gasteiger partial charge in [-0.15, -0.1) is 5.10 Å². The zero-order chi connectivity index (χ0) is 9.97. The van der Waals surface area contributed by atoms with Gasteiger partial charge in [-0.05, 0) is 0 Å². The van der Waals surface area contributed by atoms with Crippen molar-refractivity contribution in [2.24, 2.45) is 0 Å². The van der Waals surface area contributed by atoms with E-state index in [4.69, 9.17) is 16.3 Å². The fourth-order valence-corrected chi connectivity index (χ4v) is 1.37. The SMILES string of the molecule is COCCn1cnc2c(Cl)cnnc21. The summed E-state index contributed by atoms with van der Waals surface area (Å²) in [5.41, 5.74) is 1.37. The molecule has 0 aliphatic heterocycles. The highest BCUT2D eigenvalue weighted by Gasteiger charge is 2.07. The number of fused-ring (bicyclic) bond motifs is 1. The summed E-state index contributed by atoms with van der Waals surface area (Å²) in [4.78, 5) is 4.14. The molecule has 0 fully saturated rings. The van der Waals surface area contributed by atoms with Gasteiger partial charge >= 0.3 is 0 Å². The molecule has 0 aliphatic rings. The average Bonchev–Trinajstić information content (AvgIpc) is 2.60. The molecule has 0 saturated heterocycles. The molecule has 0 radical (unpaired) electrons. The summed E-state index contributed by atoms with van der Waals surface area (Å²) < 4.78 is 6.82. The van der Waals surface area contributed by atoms with Crippen LogP contribution in [0.15, 0.2) is 12.5 Å². The third-order valence-corrected chi connectivity index (χ3v) is 2.17. The van der Waals surface area contributed by atoms with Crippen LogP contribution >= 0.6 is 11.6 Å². The van der Waals surface area contributed by atoms with Crippen molar-refractivity contribution in [2.75, 3.05) is 13.7 Å². The monoisotopic (exact) mass is 212 g/mol. The molecule has 74 valence electrons. The molecular weight excluding hydrogens is 204 g/mol. The van der Waals surface area contributed by atoms with Crippen molar-refractivity contribution in [3.05, 3.63) is 17.5 Å². The van der Waals surface area contributed by atoms with Gasteiger partial charge in [-0.25, -0.2) is 4.98 Å². The van der Waals surface area contributed by atoms with Crippen LogP contribution < -0.4 is 0 Å². The van der Waals surface area contributed by atoms with Crippen molar-refractivity contribution < 1.29 is 4.74 Å². The molecule has 0 aliphatic carbocycles. The van der Waals surface area contributed by atoms with Gasteiger partial charge in [-0.1, -0.05) is 11.6 Å². The number of ether oxygens (including phenoxy) is 1. The lowest BCUT2D eigenvalue weighted by Gasteiger charge is -2.00. The van der Waals surface area contributed by atoms with Crippen molar-refractivity contribution in [1.82, 2.24) is 19.7 Å². The Balaban J connectivity index is 2.42. The Labute approximate surface area is 85.7 Å². The van der Waals surface area contributed by atoms with E-state index >= 15 is 0 Å². The first-order chi connectivity index (χ1) is 6.83. The largest absolute Gasteiger partial charge is 0.383 e. The summed E-state index contributed by atoms with van der Waals surface area (Å²) in [6.07, 6.45) is 3.17. The maximum Gasteiger partial charge on any atom is 0.184 e. The van der Waals surface area contributed by atoms with Crippen LogP contribution in [-0.2, 0) is 11.3 Å². The molecule has 14 heavy (non-hydrogen) atoms. The number of methoxy groups -OCH3 is 1. The maximum atomic E-state index is 5.89. The number of hydrogen-bond donors (Lipinski definition) is 0. The summed E-state index contributed by atoms with van der Waals surface area (Å²) in [6, 6.07) is 0. The van der Waals surface area contributed by atoms with E-state index in [9.17, 15) is 0 Å². The average molecular weight is 213 g/mol. The molecule has 0 saturated carbocycles. The van der Waals surface area contributed by atoms with Gasteiger partial charge in [0.1, 0.15) is 5.52 Å². The molecular formula is C8H9ClN4O. The van der Waals surface area contributed by atoms with E-state index in [0.717, 1.165) is 0 Å². The van der Waals surface area contributed by atoms with Crippen LogP contribution in [-0.4, -0.2) is 33.5 Å². The highest BCUT2D eigenvalue weighted by Crippen LogP contribution is 2.17. The van der Waals surface area contributed by atoms with Crippen molar-refractivity contribution in [2.45, 2.75) is 6.54 Å². The van der Waals surface area contributed by atoms with Gasteiger partial charge in [0.05, 0.1) is 24.2 Å². The Morgan fingerprint density at radius 2 is 2.43 bits per heavy atom. The molecule has 2 heterocycles. The third-order valence-electron chi connectivity index (χ3n) is 1.90. The summed E-state index contributed by atoms with van der Waals surface area (Å²) >= 11 is 5.89. The summed E-state index contributed by atoms with van der Waals surface area (Å²) in [5, 5.41) is 8.25. The fourth-order valence-electron chi connectivity index (χ4n) is 1.20. The topological polar surface area (TPSA) is 52.8 Å². The van der Waals surface area contributed by atoms with Crippen LogP contribution in [0.2, 0.25) is 5.02 Å². The quantitative estimate of drug-likeness (QED) is 0.765. The van der Waals surface area contributed by atoms with Crippen LogP contribution in [0.25, 0.3) is 11.2 Å². The second-order valence-corrected chi connectivity index (χ2v) is 3.20. The van der Waals surface area contributed by atoms with Crippen molar-refractivity contribution in [3.8, 4) is 0 Å². The van der Waals surface area contributed by atoms with Crippen LogP contribution in [0.4, 0.5) is 0 Å². The Hall–Kier alpha value is -1.20. The van der Waals surface area contributed by atoms with Crippen LogP contribution in [0.3, 0.4) is 0 Å². The molecule has 2 rings (SSSR count). The predicted molar refractivity (Wildman–Crippen MR) is 52.2 cm³/mol. The highest BCUT2D eigenvalue weighted by molar-refractivity contribution is 6.34. The molecule has 2 aromatic rings. The first-order valence-electron chi connectivity index (χ1n) is 4.14. The van der Waals surface area contributed by atoms with Crippen LogP contribution in [0, 0.1) is 0 Å². The first-order valence-corrected chi connectivity index (χ1v) is 4.51. The van der Waals surface area contributed by atoms with E-state index in [1.165, 1.54) is 6.20 Å². The normalized spacial score (nSPS) is 11.0. The second-order valence-electron chi connectivity index (χ2n) is 2.80. The highest BCUT2D eigenvalue weighted by atomic mass is 35.5. The Kier molecular flexibility index (Phi) is 2.60. The Bertz CT molecular complexity index is 442. The number of halogens is 1.